The summed E-state index contributed by atoms with van der Waals surface area (Å²) >= 11 is 0. The molecule has 2 atom stereocenters. The van der Waals surface area contributed by atoms with Crippen LogP contribution in [0, 0.1) is 5.82 Å². The number of carbonyl (C=O) groups is 2. The van der Waals surface area contributed by atoms with Gasteiger partial charge in [0.25, 0.3) is 0 Å². The zero-order valence-electron chi connectivity index (χ0n) is 10.8. The number of aliphatic hydroxyl groups excluding tert-OH is 2. The van der Waals surface area contributed by atoms with Crippen molar-refractivity contribution in [3.63, 3.8) is 0 Å². The van der Waals surface area contributed by atoms with E-state index in [2.05, 4.69) is 5.32 Å². The number of benzene rings is 1. The summed E-state index contributed by atoms with van der Waals surface area (Å²) in [6.45, 7) is 1.03. The van der Waals surface area contributed by atoms with Gasteiger partial charge in [-0.3, -0.25) is 9.59 Å². The van der Waals surface area contributed by atoms with Crippen LogP contribution < -0.4 is 5.32 Å². The largest absolute Gasteiger partial charge is 0.481 e. The van der Waals surface area contributed by atoms with Crippen LogP contribution in [0.4, 0.5) is 4.39 Å². The van der Waals surface area contributed by atoms with Crippen molar-refractivity contribution >= 4 is 11.9 Å². The molecule has 0 saturated carbocycles. The lowest BCUT2D eigenvalue weighted by atomic mass is 10.0. The minimum absolute atomic E-state index is 0.156. The van der Waals surface area contributed by atoms with Gasteiger partial charge in [0, 0.05) is 19.0 Å². The van der Waals surface area contributed by atoms with E-state index in [1.165, 1.54) is 19.1 Å². The lowest BCUT2D eigenvalue weighted by molar-refractivity contribution is -0.136. The van der Waals surface area contributed by atoms with Crippen molar-refractivity contribution < 1.29 is 29.3 Å². The number of nitrogens with one attached hydrogen (secondary N) is 1. The lowest BCUT2D eigenvalue weighted by Gasteiger charge is -2.19. The highest BCUT2D eigenvalue weighted by Gasteiger charge is 2.22. The van der Waals surface area contributed by atoms with E-state index >= 15 is 0 Å². The summed E-state index contributed by atoms with van der Waals surface area (Å²) in [7, 11) is 0. The van der Waals surface area contributed by atoms with Gasteiger partial charge in [0.05, 0.1) is 6.42 Å². The van der Waals surface area contributed by atoms with E-state index in [0.29, 0.717) is 0 Å². The third-order valence-corrected chi connectivity index (χ3v) is 2.66. The van der Waals surface area contributed by atoms with Gasteiger partial charge in [-0.2, -0.15) is 0 Å². The van der Waals surface area contributed by atoms with Gasteiger partial charge in [-0.15, -0.1) is 0 Å². The fourth-order valence-electron chi connectivity index (χ4n) is 1.66. The number of carboxylic acids is 1. The highest BCUT2D eigenvalue weighted by atomic mass is 19.1. The molecule has 0 aliphatic rings. The molecule has 0 aliphatic carbocycles. The quantitative estimate of drug-likeness (QED) is 0.588. The molecule has 0 fully saturated rings. The first-order valence-corrected chi connectivity index (χ1v) is 5.92. The number of aliphatic hydroxyl groups is 2. The maximum Gasteiger partial charge on any atom is 0.307 e. The van der Waals surface area contributed by atoms with Gasteiger partial charge in [0.1, 0.15) is 18.0 Å². The normalized spacial score (nSPS) is 13.6. The van der Waals surface area contributed by atoms with Gasteiger partial charge in [0.2, 0.25) is 5.91 Å². The van der Waals surface area contributed by atoms with E-state index in [-0.39, 0.29) is 30.0 Å². The summed E-state index contributed by atoms with van der Waals surface area (Å²) in [5.74, 6) is -2.28. The predicted octanol–water partition coefficient (Wildman–Crippen LogP) is -0.0168. The molecule has 4 N–H and O–H groups in total. The summed E-state index contributed by atoms with van der Waals surface area (Å²) in [5.41, 5.74) is 0.0966. The highest BCUT2D eigenvalue weighted by Crippen LogP contribution is 2.21. The Balaban J connectivity index is 2.80. The third kappa shape index (κ3) is 4.60. The molecule has 1 aromatic rings. The van der Waals surface area contributed by atoms with Gasteiger partial charge in [-0.25, -0.2) is 4.39 Å². The Morgan fingerprint density at radius 2 is 2.00 bits per heavy atom. The molecule has 0 radical (unpaired) electrons. The smallest absolute Gasteiger partial charge is 0.307 e. The number of carboxylic acid groups (broad SMARTS) is 1. The molecule has 0 heterocycles. The monoisotopic (exact) mass is 285 g/mol. The summed E-state index contributed by atoms with van der Waals surface area (Å²) < 4.78 is 13.8. The van der Waals surface area contributed by atoms with E-state index in [1.807, 2.05) is 0 Å². The second-order valence-electron chi connectivity index (χ2n) is 4.38. The van der Waals surface area contributed by atoms with Crippen LogP contribution in [-0.2, 0) is 16.0 Å². The molecule has 1 amide bonds. The Morgan fingerprint density at radius 3 is 2.50 bits per heavy atom. The van der Waals surface area contributed by atoms with Gasteiger partial charge in [-0.1, -0.05) is 12.1 Å². The molecule has 0 bridgehead atoms. The molecule has 1 aromatic carbocycles. The third-order valence-electron chi connectivity index (χ3n) is 2.66. The fourth-order valence-corrected chi connectivity index (χ4v) is 1.66. The number of amides is 1. The lowest BCUT2D eigenvalue weighted by Crippen LogP contribution is -2.34. The number of hydrogen-bond acceptors (Lipinski definition) is 4. The van der Waals surface area contributed by atoms with Crippen molar-refractivity contribution in [1.29, 1.82) is 0 Å². The summed E-state index contributed by atoms with van der Waals surface area (Å²) in [5, 5.41) is 30.3. The number of halogens is 1. The zero-order chi connectivity index (χ0) is 15.3. The molecule has 2 unspecified atom stereocenters. The molecule has 1 rings (SSSR count). The standard InChI is InChI=1S/C13H16FNO5/c1-7(16)15-6-11(17)13(20)9-3-2-8(4-10(9)14)5-12(18)19/h2-4,11,13,17,20H,5-6H2,1H3,(H,15,16)(H,18,19). The average molecular weight is 285 g/mol. The zero-order valence-corrected chi connectivity index (χ0v) is 10.8. The summed E-state index contributed by atoms with van der Waals surface area (Å²) in [4.78, 5) is 21.2. The second kappa shape index (κ2) is 6.97. The van der Waals surface area contributed by atoms with Gasteiger partial charge in [-0.05, 0) is 11.6 Å². The molecule has 0 spiro atoms. The van der Waals surface area contributed by atoms with Crippen LogP contribution in [-0.4, -0.2) is 39.8 Å². The Hall–Kier alpha value is -1.99. The maximum absolute atomic E-state index is 13.8. The molecule has 0 aliphatic heterocycles. The van der Waals surface area contributed by atoms with Crippen LogP contribution in [0.2, 0.25) is 0 Å². The number of aliphatic carboxylic acids is 1. The van der Waals surface area contributed by atoms with E-state index in [1.54, 1.807) is 0 Å². The van der Waals surface area contributed by atoms with E-state index in [0.717, 1.165) is 6.07 Å². The van der Waals surface area contributed by atoms with E-state index < -0.39 is 24.0 Å². The predicted molar refractivity (Wildman–Crippen MR) is 67.4 cm³/mol. The van der Waals surface area contributed by atoms with Crippen LogP contribution in [0.1, 0.15) is 24.2 Å². The molecular weight excluding hydrogens is 269 g/mol. The van der Waals surface area contributed by atoms with Crippen molar-refractivity contribution in [2.24, 2.45) is 0 Å². The Bertz CT molecular complexity index is 506. The van der Waals surface area contributed by atoms with Crippen LogP contribution in [0.5, 0.6) is 0 Å². The number of hydrogen-bond donors (Lipinski definition) is 4. The second-order valence-corrected chi connectivity index (χ2v) is 4.38. The van der Waals surface area contributed by atoms with Crippen LogP contribution in [0.15, 0.2) is 18.2 Å². The van der Waals surface area contributed by atoms with E-state index in [9.17, 15) is 24.2 Å². The average Bonchev–Trinajstić information content (AvgIpc) is 2.34. The molecule has 0 aromatic heterocycles. The van der Waals surface area contributed by atoms with E-state index in [4.69, 9.17) is 5.11 Å². The van der Waals surface area contributed by atoms with Crippen molar-refractivity contribution in [1.82, 2.24) is 5.32 Å². The molecule has 20 heavy (non-hydrogen) atoms. The Kier molecular flexibility index (Phi) is 5.60. The summed E-state index contributed by atoms with van der Waals surface area (Å²) in [6.07, 6.45) is -3.21. The van der Waals surface area contributed by atoms with Crippen LogP contribution >= 0.6 is 0 Å². The maximum atomic E-state index is 13.8. The Morgan fingerprint density at radius 1 is 1.35 bits per heavy atom. The SMILES string of the molecule is CC(=O)NCC(O)C(O)c1ccc(CC(=O)O)cc1F. The van der Waals surface area contributed by atoms with Crippen molar-refractivity contribution in [3.8, 4) is 0 Å². The van der Waals surface area contributed by atoms with Crippen molar-refractivity contribution in [2.75, 3.05) is 6.54 Å². The number of carbonyl (C=O) groups excluding carboxylic acids is 1. The minimum Gasteiger partial charge on any atom is -0.481 e. The van der Waals surface area contributed by atoms with Crippen molar-refractivity contribution in [2.45, 2.75) is 25.6 Å². The molecular formula is C13H16FNO5. The van der Waals surface area contributed by atoms with Crippen LogP contribution in [0.3, 0.4) is 0 Å². The van der Waals surface area contributed by atoms with Crippen LogP contribution in [0.25, 0.3) is 0 Å². The fraction of sp³-hybridized carbons (Fsp3) is 0.385. The molecule has 7 heteroatoms. The minimum atomic E-state index is -1.51. The van der Waals surface area contributed by atoms with Crippen molar-refractivity contribution in [3.05, 3.63) is 35.1 Å². The summed E-state index contributed by atoms with van der Waals surface area (Å²) in [6, 6.07) is 3.58. The van der Waals surface area contributed by atoms with Gasteiger partial charge < -0.3 is 20.6 Å². The molecule has 6 nitrogen and oxygen atoms in total. The molecule has 110 valence electrons. The number of rotatable bonds is 6. The Labute approximate surface area is 114 Å². The highest BCUT2D eigenvalue weighted by molar-refractivity contribution is 5.72. The first kappa shape index (κ1) is 16.1. The van der Waals surface area contributed by atoms with Gasteiger partial charge >= 0.3 is 5.97 Å². The molecule has 0 saturated heterocycles. The van der Waals surface area contributed by atoms with Gasteiger partial charge in [0.15, 0.2) is 0 Å². The first-order valence-electron chi connectivity index (χ1n) is 5.92. The first-order chi connectivity index (χ1) is 9.31. The topological polar surface area (TPSA) is 107 Å².